The van der Waals surface area contributed by atoms with Gasteiger partial charge in [-0.3, -0.25) is 0 Å². The quantitative estimate of drug-likeness (QED) is 0.884. The first-order chi connectivity index (χ1) is 8.65. The number of aryl methyl sites for hydroxylation is 1. The molecule has 3 nitrogen and oxygen atoms in total. The normalized spacial score (nSPS) is 25.7. The molecular formula is C15H19NO2. The lowest BCUT2D eigenvalue weighted by Crippen LogP contribution is -2.29. The standard InChI is InChI=1S/C15H19NO2/c1-9-3-4-12-11(7-9)8-13(18-12)14(16)15-10(2)5-6-17-15/h3-4,7-8,10,14-15H,5-6,16H2,1-2H3. The van der Waals surface area contributed by atoms with E-state index in [1.165, 1.54) is 5.56 Å². The number of fused-ring (bicyclic) bond motifs is 1. The van der Waals surface area contributed by atoms with Gasteiger partial charge in [0, 0.05) is 12.0 Å². The molecule has 1 aliphatic heterocycles. The van der Waals surface area contributed by atoms with E-state index in [4.69, 9.17) is 14.9 Å². The third-order valence-electron chi connectivity index (χ3n) is 3.82. The van der Waals surface area contributed by atoms with E-state index in [1.807, 2.05) is 12.1 Å². The molecule has 0 spiro atoms. The van der Waals surface area contributed by atoms with Crippen LogP contribution in [0.25, 0.3) is 11.0 Å². The summed E-state index contributed by atoms with van der Waals surface area (Å²) < 4.78 is 11.6. The molecule has 18 heavy (non-hydrogen) atoms. The monoisotopic (exact) mass is 245 g/mol. The average Bonchev–Trinajstić information content (AvgIpc) is 2.93. The minimum atomic E-state index is -0.171. The van der Waals surface area contributed by atoms with Gasteiger partial charge in [-0.2, -0.15) is 0 Å². The van der Waals surface area contributed by atoms with Crippen LogP contribution >= 0.6 is 0 Å². The number of ether oxygens (including phenoxy) is 1. The van der Waals surface area contributed by atoms with Gasteiger partial charge in [0.2, 0.25) is 0 Å². The summed E-state index contributed by atoms with van der Waals surface area (Å²) in [6.07, 6.45) is 1.16. The van der Waals surface area contributed by atoms with E-state index in [1.54, 1.807) is 0 Å². The Morgan fingerprint density at radius 1 is 1.33 bits per heavy atom. The van der Waals surface area contributed by atoms with Crippen LogP contribution < -0.4 is 5.73 Å². The van der Waals surface area contributed by atoms with Crippen molar-refractivity contribution < 1.29 is 9.15 Å². The van der Waals surface area contributed by atoms with E-state index in [2.05, 4.69) is 26.0 Å². The highest BCUT2D eigenvalue weighted by Gasteiger charge is 2.32. The number of benzene rings is 1. The second kappa shape index (κ2) is 4.41. The van der Waals surface area contributed by atoms with Crippen molar-refractivity contribution in [1.82, 2.24) is 0 Å². The van der Waals surface area contributed by atoms with Gasteiger partial charge in [0.15, 0.2) is 0 Å². The fraction of sp³-hybridized carbons (Fsp3) is 0.467. The second-order valence-electron chi connectivity index (χ2n) is 5.32. The third kappa shape index (κ3) is 1.93. The minimum Gasteiger partial charge on any atom is -0.459 e. The van der Waals surface area contributed by atoms with E-state index in [0.717, 1.165) is 29.8 Å². The summed E-state index contributed by atoms with van der Waals surface area (Å²) in [4.78, 5) is 0. The number of hydrogen-bond acceptors (Lipinski definition) is 3. The SMILES string of the molecule is Cc1ccc2oc(C(N)C3OCCC3C)cc2c1. The molecule has 1 aromatic heterocycles. The van der Waals surface area contributed by atoms with Crippen molar-refractivity contribution in [2.45, 2.75) is 32.4 Å². The molecule has 0 bridgehead atoms. The molecule has 96 valence electrons. The molecule has 3 atom stereocenters. The van der Waals surface area contributed by atoms with Gasteiger partial charge in [0.05, 0.1) is 12.1 Å². The number of hydrogen-bond donors (Lipinski definition) is 1. The molecule has 1 fully saturated rings. The van der Waals surface area contributed by atoms with Crippen LogP contribution in [0, 0.1) is 12.8 Å². The predicted molar refractivity (Wildman–Crippen MR) is 71.4 cm³/mol. The molecule has 2 N–H and O–H groups in total. The molecule has 0 amide bonds. The minimum absolute atomic E-state index is 0.0756. The fourth-order valence-electron chi connectivity index (χ4n) is 2.69. The summed E-state index contributed by atoms with van der Waals surface area (Å²) in [7, 11) is 0. The van der Waals surface area contributed by atoms with Crippen molar-refractivity contribution in [2.75, 3.05) is 6.61 Å². The Labute approximate surface area is 107 Å². The Bertz CT molecular complexity index is 561. The number of rotatable bonds is 2. The zero-order valence-corrected chi connectivity index (χ0v) is 10.8. The highest BCUT2D eigenvalue weighted by Crippen LogP contribution is 2.32. The molecule has 1 aromatic carbocycles. The molecule has 0 saturated carbocycles. The number of furan rings is 1. The highest BCUT2D eigenvalue weighted by atomic mass is 16.5. The Hall–Kier alpha value is -1.32. The van der Waals surface area contributed by atoms with Crippen LogP contribution in [-0.2, 0) is 4.74 Å². The van der Waals surface area contributed by atoms with Crippen LogP contribution in [0.15, 0.2) is 28.7 Å². The van der Waals surface area contributed by atoms with Gasteiger partial charge < -0.3 is 14.9 Å². The van der Waals surface area contributed by atoms with Crippen LogP contribution in [0.3, 0.4) is 0 Å². The van der Waals surface area contributed by atoms with Gasteiger partial charge in [0.25, 0.3) is 0 Å². The fourth-order valence-corrected chi connectivity index (χ4v) is 2.69. The van der Waals surface area contributed by atoms with E-state index < -0.39 is 0 Å². The van der Waals surface area contributed by atoms with E-state index in [9.17, 15) is 0 Å². The Morgan fingerprint density at radius 2 is 2.17 bits per heavy atom. The maximum atomic E-state index is 6.27. The lowest BCUT2D eigenvalue weighted by Gasteiger charge is -2.20. The van der Waals surface area contributed by atoms with Crippen LogP contribution in [0.2, 0.25) is 0 Å². The molecule has 2 aromatic rings. The Kier molecular flexibility index (Phi) is 2.88. The van der Waals surface area contributed by atoms with E-state index >= 15 is 0 Å². The summed E-state index contributed by atoms with van der Waals surface area (Å²) in [5.41, 5.74) is 8.40. The predicted octanol–water partition coefficient (Wildman–Crippen LogP) is 3.17. The van der Waals surface area contributed by atoms with Crippen molar-refractivity contribution in [2.24, 2.45) is 11.7 Å². The summed E-state index contributed by atoms with van der Waals surface area (Å²) >= 11 is 0. The van der Waals surface area contributed by atoms with Crippen molar-refractivity contribution in [3.8, 4) is 0 Å². The zero-order chi connectivity index (χ0) is 12.7. The highest BCUT2D eigenvalue weighted by molar-refractivity contribution is 5.78. The van der Waals surface area contributed by atoms with Crippen molar-refractivity contribution in [3.05, 3.63) is 35.6 Å². The maximum Gasteiger partial charge on any atom is 0.134 e. The summed E-state index contributed by atoms with van der Waals surface area (Å²) in [6, 6.07) is 8.04. The van der Waals surface area contributed by atoms with Gasteiger partial charge in [-0.15, -0.1) is 0 Å². The van der Waals surface area contributed by atoms with Crippen LogP contribution in [0.5, 0.6) is 0 Å². The topological polar surface area (TPSA) is 48.4 Å². The molecular weight excluding hydrogens is 226 g/mol. The second-order valence-corrected chi connectivity index (χ2v) is 5.32. The Balaban J connectivity index is 1.93. The van der Waals surface area contributed by atoms with Crippen molar-refractivity contribution in [1.29, 1.82) is 0 Å². The molecule has 0 aliphatic carbocycles. The van der Waals surface area contributed by atoms with Gasteiger partial charge >= 0.3 is 0 Å². The van der Waals surface area contributed by atoms with Crippen LogP contribution in [-0.4, -0.2) is 12.7 Å². The zero-order valence-electron chi connectivity index (χ0n) is 10.8. The van der Waals surface area contributed by atoms with Gasteiger partial charge in [-0.05, 0) is 37.5 Å². The third-order valence-corrected chi connectivity index (χ3v) is 3.82. The molecule has 2 heterocycles. The molecule has 3 heteroatoms. The number of nitrogens with two attached hydrogens (primary N) is 1. The maximum absolute atomic E-state index is 6.27. The Morgan fingerprint density at radius 3 is 2.89 bits per heavy atom. The summed E-state index contributed by atoms with van der Waals surface area (Å²) in [5.74, 6) is 1.32. The lowest BCUT2D eigenvalue weighted by molar-refractivity contribution is 0.0668. The largest absolute Gasteiger partial charge is 0.459 e. The first-order valence-electron chi connectivity index (χ1n) is 6.52. The summed E-state index contributed by atoms with van der Waals surface area (Å²) in [5, 5.41) is 1.12. The lowest BCUT2D eigenvalue weighted by atomic mass is 9.96. The molecule has 0 radical (unpaired) electrons. The first kappa shape index (κ1) is 11.8. The smallest absolute Gasteiger partial charge is 0.134 e. The van der Waals surface area contributed by atoms with Crippen molar-refractivity contribution >= 4 is 11.0 Å². The van der Waals surface area contributed by atoms with E-state index in [-0.39, 0.29) is 12.1 Å². The average molecular weight is 245 g/mol. The molecule has 3 unspecified atom stereocenters. The van der Waals surface area contributed by atoms with E-state index in [0.29, 0.717) is 5.92 Å². The van der Waals surface area contributed by atoms with Gasteiger partial charge in [-0.1, -0.05) is 18.6 Å². The van der Waals surface area contributed by atoms with Crippen LogP contribution in [0.1, 0.15) is 30.7 Å². The molecule has 3 rings (SSSR count). The summed E-state index contributed by atoms with van der Waals surface area (Å²) in [6.45, 7) is 5.07. The first-order valence-corrected chi connectivity index (χ1v) is 6.52. The molecule has 1 aliphatic rings. The van der Waals surface area contributed by atoms with Crippen molar-refractivity contribution in [3.63, 3.8) is 0 Å². The van der Waals surface area contributed by atoms with Crippen LogP contribution in [0.4, 0.5) is 0 Å². The molecule has 1 saturated heterocycles. The van der Waals surface area contributed by atoms with Gasteiger partial charge in [-0.25, -0.2) is 0 Å². The van der Waals surface area contributed by atoms with Gasteiger partial charge in [0.1, 0.15) is 11.3 Å².